The Morgan fingerprint density at radius 3 is 2.09 bits per heavy atom. The first-order valence-electron chi connectivity index (χ1n) is 9.90. The number of hydrogen-bond acceptors (Lipinski definition) is 4. The number of methoxy groups -OCH3 is 2. The molecule has 0 spiro atoms. The van der Waals surface area contributed by atoms with E-state index < -0.39 is 29.1 Å². The van der Waals surface area contributed by atoms with Crippen LogP contribution in [0.2, 0.25) is 0 Å². The largest absolute Gasteiger partial charge is 0.497 e. The lowest BCUT2D eigenvalue weighted by atomic mass is 9.90. The van der Waals surface area contributed by atoms with Crippen molar-refractivity contribution in [3.8, 4) is 11.5 Å². The number of hydrogen-bond donors (Lipinski definition) is 1. The van der Waals surface area contributed by atoms with Crippen LogP contribution in [0.1, 0.15) is 25.3 Å². The van der Waals surface area contributed by atoms with Crippen LogP contribution in [-0.2, 0) is 12.1 Å². The smallest absolute Gasteiger partial charge is 0.430 e. The number of benzene rings is 2. The lowest BCUT2D eigenvalue weighted by molar-refractivity contribution is -0.376. The normalized spacial score (nSPS) is 13.0. The fraction of sp³-hybridized carbons (Fsp3) is 0.409. The summed E-state index contributed by atoms with van der Waals surface area (Å²) in [6, 6.07) is 4.85. The highest BCUT2D eigenvalue weighted by Crippen LogP contribution is 2.50. The van der Waals surface area contributed by atoms with Gasteiger partial charge in [-0.1, -0.05) is 19.4 Å². The third-order valence-corrected chi connectivity index (χ3v) is 5.54. The third-order valence-electron chi connectivity index (χ3n) is 5.54. The van der Waals surface area contributed by atoms with Crippen LogP contribution >= 0.6 is 0 Å². The van der Waals surface area contributed by atoms with E-state index in [-0.39, 0.29) is 39.7 Å². The van der Waals surface area contributed by atoms with Gasteiger partial charge in [0.05, 0.1) is 25.1 Å². The molecule has 1 aromatic heterocycles. The van der Waals surface area contributed by atoms with Gasteiger partial charge in [0, 0.05) is 28.9 Å². The summed E-state index contributed by atoms with van der Waals surface area (Å²) >= 11 is 0. The van der Waals surface area contributed by atoms with Crippen molar-refractivity contribution < 1.29 is 40.9 Å². The van der Waals surface area contributed by atoms with E-state index in [0.717, 1.165) is 6.07 Å². The van der Waals surface area contributed by atoms with E-state index >= 15 is 0 Å². The quantitative estimate of drug-likeness (QED) is 0.388. The molecule has 5 nitrogen and oxygen atoms in total. The van der Waals surface area contributed by atoms with Gasteiger partial charge in [-0.25, -0.2) is 0 Å². The maximum atomic E-state index is 13.5. The molecular weight excluding hydrogens is 456 g/mol. The highest BCUT2D eigenvalue weighted by atomic mass is 19.4. The lowest BCUT2D eigenvalue weighted by Crippen LogP contribution is -2.53. The van der Waals surface area contributed by atoms with Crippen molar-refractivity contribution in [3.63, 3.8) is 0 Å². The molecular formula is C22H21F6NO4. The molecule has 180 valence electrons. The maximum absolute atomic E-state index is 13.5. The number of fused-ring (bicyclic) bond motifs is 3. The van der Waals surface area contributed by atoms with Crippen LogP contribution in [0.3, 0.4) is 0 Å². The van der Waals surface area contributed by atoms with Crippen LogP contribution < -0.4 is 15.0 Å². The number of unbranched alkanes of at least 4 members (excludes halogenated alkanes) is 1. The van der Waals surface area contributed by atoms with E-state index in [1.54, 1.807) is 0 Å². The predicted molar refractivity (Wildman–Crippen MR) is 110 cm³/mol. The van der Waals surface area contributed by atoms with Crippen LogP contribution in [-0.4, -0.2) is 36.2 Å². The molecule has 2 aromatic carbocycles. The van der Waals surface area contributed by atoms with Crippen molar-refractivity contribution in [1.29, 1.82) is 0 Å². The van der Waals surface area contributed by atoms with E-state index in [4.69, 9.17) is 9.47 Å². The molecule has 0 aliphatic heterocycles. The van der Waals surface area contributed by atoms with E-state index in [1.165, 1.54) is 30.9 Å². The lowest BCUT2D eigenvalue weighted by Gasteiger charge is -2.33. The molecule has 0 unspecified atom stereocenters. The number of aromatic nitrogens is 1. The van der Waals surface area contributed by atoms with Crippen molar-refractivity contribution in [1.82, 2.24) is 4.57 Å². The van der Waals surface area contributed by atoms with Crippen molar-refractivity contribution in [3.05, 3.63) is 46.2 Å². The van der Waals surface area contributed by atoms with Crippen molar-refractivity contribution in [2.24, 2.45) is 0 Å². The molecule has 3 rings (SSSR count). The summed E-state index contributed by atoms with van der Waals surface area (Å²) in [6.45, 7) is 2.05. The molecule has 0 aliphatic rings. The second kappa shape index (κ2) is 8.44. The predicted octanol–water partition coefficient (Wildman–Crippen LogP) is 5.28. The van der Waals surface area contributed by atoms with Crippen LogP contribution in [0.5, 0.6) is 11.5 Å². The molecule has 0 saturated heterocycles. The second-order valence-electron chi connectivity index (χ2n) is 7.50. The summed E-state index contributed by atoms with van der Waals surface area (Å²) in [5.41, 5.74) is -6.92. The van der Waals surface area contributed by atoms with E-state index in [0.29, 0.717) is 25.0 Å². The summed E-state index contributed by atoms with van der Waals surface area (Å²) in [6.07, 6.45) is -10.9. The average molecular weight is 477 g/mol. The van der Waals surface area contributed by atoms with Gasteiger partial charge in [0.25, 0.3) is 11.2 Å². The first kappa shape index (κ1) is 24.7. The molecule has 0 aliphatic carbocycles. The Morgan fingerprint density at radius 2 is 1.58 bits per heavy atom. The van der Waals surface area contributed by atoms with Crippen LogP contribution in [0.25, 0.3) is 21.7 Å². The number of pyridine rings is 1. The molecule has 1 heterocycles. The van der Waals surface area contributed by atoms with Crippen molar-refractivity contribution in [2.75, 3.05) is 14.2 Å². The Kier molecular flexibility index (Phi) is 6.31. The summed E-state index contributed by atoms with van der Waals surface area (Å²) in [5.74, 6) is 0.229. The van der Waals surface area contributed by atoms with E-state index in [1.807, 2.05) is 6.92 Å². The first-order valence-corrected chi connectivity index (χ1v) is 9.90. The standard InChI is InChI=1S/C22H21F6NO4/c1-4-5-8-29-16-7-6-12(20(31,21(23,24)25)22(26,27)28)9-14(16)15-10-13(32-2)11-17(33-3)18(15)19(29)30/h6-7,9-11,31H,4-5,8H2,1-3H3. The molecule has 0 amide bonds. The Bertz CT molecular complexity index is 1230. The van der Waals surface area contributed by atoms with Gasteiger partial charge in [-0.2, -0.15) is 26.3 Å². The van der Waals surface area contributed by atoms with Gasteiger partial charge in [-0.15, -0.1) is 0 Å². The van der Waals surface area contributed by atoms with Gasteiger partial charge in [-0.3, -0.25) is 4.79 Å². The minimum Gasteiger partial charge on any atom is -0.497 e. The van der Waals surface area contributed by atoms with E-state index in [2.05, 4.69) is 0 Å². The van der Waals surface area contributed by atoms with Crippen molar-refractivity contribution >= 4 is 21.7 Å². The fourth-order valence-corrected chi connectivity index (χ4v) is 3.78. The number of ether oxygens (including phenoxy) is 2. The number of rotatable bonds is 6. The number of halogens is 6. The molecule has 0 fully saturated rings. The SMILES string of the molecule is CCCCn1c(=O)c2c(OC)cc(OC)cc2c2cc(C(O)(C(F)(F)F)C(F)(F)F)ccc21. The summed E-state index contributed by atoms with van der Waals surface area (Å²) in [7, 11) is 2.58. The molecule has 0 saturated carbocycles. The molecule has 0 atom stereocenters. The maximum Gasteiger partial charge on any atom is 0.430 e. The number of aliphatic hydroxyl groups is 1. The van der Waals surface area contributed by atoms with Crippen LogP contribution in [0.4, 0.5) is 26.3 Å². The van der Waals surface area contributed by atoms with Gasteiger partial charge >= 0.3 is 12.4 Å². The Balaban J connectivity index is 2.54. The highest BCUT2D eigenvalue weighted by molar-refractivity contribution is 6.08. The van der Waals surface area contributed by atoms with Gasteiger partial charge in [0.1, 0.15) is 11.5 Å². The molecule has 33 heavy (non-hydrogen) atoms. The number of alkyl halides is 6. The van der Waals surface area contributed by atoms with Gasteiger partial charge in [-0.05, 0) is 24.6 Å². The van der Waals surface area contributed by atoms with Crippen molar-refractivity contribution in [2.45, 2.75) is 44.3 Å². The zero-order chi connectivity index (χ0) is 24.8. The van der Waals surface area contributed by atoms with E-state index in [9.17, 15) is 36.2 Å². The second-order valence-corrected chi connectivity index (χ2v) is 7.50. The minimum atomic E-state index is -6.04. The minimum absolute atomic E-state index is 0.0263. The van der Waals surface area contributed by atoms with Crippen LogP contribution in [0, 0.1) is 0 Å². The fourth-order valence-electron chi connectivity index (χ4n) is 3.78. The summed E-state index contributed by atoms with van der Waals surface area (Å²) < 4.78 is 92.6. The molecule has 0 bridgehead atoms. The Morgan fingerprint density at radius 1 is 0.939 bits per heavy atom. The first-order chi connectivity index (χ1) is 15.3. The summed E-state index contributed by atoms with van der Waals surface area (Å²) in [4.78, 5) is 13.3. The zero-order valence-electron chi connectivity index (χ0n) is 17.9. The van der Waals surface area contributed by atoms with Gasteiger partial charge in [0.15, 0.2) is 0 Å². The number of aryl methyl sites for hydroxylation is 1. The highest BCUT2D eigenvalue weighted by Gasteiger charge is 2.71. The molecule has 11 heteroatoms. The number of nitrogens with zero attached hydrogens (tertiary/aromatic N) is 1. The van der Waals surface area contributed by atoms with Gasteiger partial charge in [0.2, 0.25) is 0 Å². The third kappa shape index (κ3) is 3.88. The molecule has 0 radical (unpaired) electrons. The molecule has 3 aromatic rings. The van der Waals surface area contributed by atoms with Gasteiger partial charge < -0.3 is 19.1 Å². The Labute approximate surface area is 184 Å². The summed E-state index contributed by atoms with van der Waals surface area (Å²) in [5, 5.41) is 9.80. The van der Waals surface area contributed by atoms with Crippen LogP contribution in [0.15, 0.2) is 35.1 Å². The Hall–Kier alpha value is -2.95. The topological polar surface area (TPSA) is 60.7 Å². The average Bonchev–Trinajstić information content (AvgIpc) is 2.75. The molecule has 1 N–H and O–H groups in total. The zero-order valence-corrected chi connectivity index (χ0v) is 17.9. The monoisotopic (exact) mass is 477 g/mol.